The van der Waals surface area contributed by atoms with Crippen LogP contribution in [0.15, 0.2) is 48.7 Å². The average Bonchev–Trinajstić information content (AvgIpc) is 3.15. The number of amides is 2. The fraction of sp³-hybridized carbons (Fsp3) is 0.286. The van der Waals surface area contributed by atoms with Crippen LogP contribution in [-0.2, 0) is 0 Å². The van der Waals surface area contributed by atoms with Crippen molar-refractivity contribution in [2.45, 2.75) is 19.9 Å². The molecular weight excluding hydrogens is 342 g/mol. The molecule has 1 aromatic heterocycles. The summed E-state index contributed by atoms with van der Waals surface area (Å²) in [5.41, 5.74) is 2.70. The van der Waals surface area contributed by atoms with E-state index < -0.39 is 0 Å². The van der Waals surface area contributed by atoms with Crippen LogP contribution in [0, 0.1) is 5.92 Å². The van der Waals surface area contributed by atoms with Gasteiger partial charge >= 0.3 is 6.03 Å². The second kappa shape index (κ2) is 8.03. The zero-order chi connectivity index (χ0) is 19.4. The SMILES string of the molecule is COc1ccc([C@@H](NC(=O)Nc2cccc3[nH]ccc23)C(C)C)cc1OC. The van der Waals surface area contributed by atoms with Crippen molar-refractivity contribution < 1.29 is 14.3 Å². The molecule has 6 nitrogen and oxygen atoms in total. The number of aromatic nitrogens is 1. The van der Waals surface area contributed by atoms with Crippen LogP contribution in [0.3, 0.4) is 0 Å². The molecule has 3 aromatic rings. The molecule has 1 heterocycles. The summed E-state index contributed by atoms with van der Waals surface area (Å²) in [6.45, 7) is 4.13. The van der Waals surface area contributed by atoms with Crippen LogP contribution in [0.5, 0.6) is 11.5 Å². The van der Waals surface area contributed by atoms with Gasteiger partial charge in [0.15, 0.2) is 11.5 Å². The first-order chi connectivity index (χ1) is 13.0. The number of nitrogens with one attached hydrogen (secondary N) is 3. The summed E-state index contributed by atoms with van der Waals surface area (Å²) in [6.07, 6.45) is 1.86. The van der Waals surface area contributed by atoms with E-state index in [1.54, 1.807) is 14.2 Å². The molecule has 2 aromatic carbocycles. The standard InChI is InChI=1S/C21H25N3O3/c1-13(2)20(14-8-9-18(26-3)19(12-14)27-4)24-21(25)23-17-7-5-6-16-15(17)10-11-22-16/h5-13,20,22H,1-4H3,(H2,23,24,25)/t20-/m0/s1. The second-order valence-corrected chi connectivity index (χ2v) is 6.68. The van der Waals surface area contributed by atoms with Gasteiger partial charge < -0.3 is 25.1 Å². The molecule has 0 radical (unpaired) electrons. The van der Waals surface area contributed by atoms with Crippen LogP contribution in [0.1, 0.15) is 25.5 Å². The zero-order valence-electron chi connectivity index (χ0n) is 16.0. The number of methoxy groups -OCH3 is 2. The molecule has 6 heteroatoms. The zero-order valence-corrected chi connectivity index (χ0v) is 16.0. The van der Waals surface area contributed by atoms with Crippen molar-refractivity contribution in [3.8, 4) is 11.5 Å². The quantitative estimate of drug-likeness (QED) is 0.591. The van der Waals surface area contributed by atoms with E-state index in [9.17, 15) is 4.79 Å². The van der Waals surface area contributed by atoms with Crippen molar-refractivity contribution >= 4 is 22.6 Å². The van der Waals surface area contributed by atoms with E-state index in [-0.39, 0.29) is 18.0 Å². The van der Waals surface area contributed by atoms with Gasteiger partial charge in [-0.25, -0.2) is 4.79 Å². The molecule has 2 amide bonds. The van der Waals surface area contributed by atoms with E-state index in [2.05, 4.69) is 29.5 Å². The Morgan fingerprint density at radius 3 is 2.52 bits per heavy atom. The first-order valence-corrected chi connectivity index (χ1v) is 8.89. The fourth-order valence-corrected chi connectivity index (χ4v) is 3.18. The second-order valence-electron chi connectivity index (χ2n) is 6.68. The maximum absolute atomic E-state index is 12.7. The number of hydrogen-bond acceptors (Lipinski definition) is 3. The van der Waals surface area contributed by atoms with Gasteiger partial charge in [0.25, 0.3) is 0 Å². The van der Waals surface area contributed by atoms with Gasteiger partial charge in [-0.15, -0.1) is 0 Å². The van der Waals surface area contributed by atoms with Crippen molar-refractivity contribution in [1.29, 1.82) is 0 Å². The van der Waals surface area contributed by atoms with Crippen molar-refractivity contribution in [3.05, 3.63) is 54.2 Å². The van der Waals surface area contributed by atoms with E-state index in [1.807, 2.05) is 48.7 Å². The summed E-state index contributed by atoms with van der Waals surface area (Å²) in [7, 11) is 3.20. The summed E-state index contributed by atoms with van der Waals surface area (Å²) in [5, 5.41) is 6.99. The number of fused-ring (bicyclic) bond motifs is 1. The lowest BCUT2D eigenvalue weighted by molar-refractivity contribution is 0.244. The number of rotatable bonds is 6. The van der Waals surface area contributed by atoms with Gasteiger partial charge in [0.05, 0.1) is 25.9 Å². The third-order valence-electron chi connectivity index (χ3n) is 4.56. The van der Waals surface area contributed by atoms with Crippen LogP contribution in [-0.4, -0.2) is 25.2 Å². The molecule has 3 N–H and O–H groups in total. The summed E-state index contributed by atoms with van der Waals surface area (Å²) >= 11 is 0. The van der Waals surface area contributed by atoms with Crippen LogP contribution in [0.2, 0.25) is 0 Å². The lowest BCUT2D eigenvalue weighted by atomic mass is 9.96. The van der Waals surface area contributed by atoms with Gasteiger partial charge in [-0.3, -0.25) is 0 Å². The van der Waals surface area contributed by atoms with Crippen LogP contribution < -0.4 is 20.1 Å². The molecule has 142 valence electrons. The van der Waals surface area contributed by atoms with Crippen LogP contribution >= 0.6 is 0 Å². The number of anilines is 1. The molecule has 3 rings (SSSR count). The molecule has 0 bridgehead atoms. The van der Waals surface area contributed by atoms with Crippen molar-refractivity contribution in [1.82, 2.24) is 10.3 Å². The first-order valence-electron chi connectivity index (χ1n) is 8.89. The molecule has 0 saturated heterocycles. The predicted octanol–water partition coefficient (Wildman–Crippen LogP) is 4.70. The monoisotopic (exact) mass is 367 g/mol. The van der Waals surface area contributed by atoms with Crippen molar-refractivity contribution in [3.63, 3.8) is 0 Å². The van der Waals surface area contributed by atoms with Crippen molar-refractivity contribution in [2.24, 2.45) is 5.92 Å². The fourth-order valence-electron chi connectivity index (χ4n) is 3.18. The highest BCUT2D eigenvalue weighted by Gasteiger charge is 2.20. The molecule has 1 atom stereocenters. The summed E-state index contributed by atoms with van der Waals surface area (Å²) in [6, 6.07) is 13.0. The maximum Gasteiger partial charge on any atom is 0.319 e. The lowest BCUT2D eigenvalue weighted by Gasteiger charge is -2.24. The minimum Gasteiger partial charge on any atom is -0.493 e. The predicted molar refractivity (Wildman–Crippen MR) is 108 cm³/mol. The molecule has 0 unspecified atom stereocenters. The highest BCUT2D eigenvalue weighted by atomic mass is 16.5. The largest absolute Gasteiger partial charge is 0.493 e. The smallest absolute Gasteiger partial charge is 0.319 e. The Morgan fingerprint density at radius 1 is 1.04 bits per heavy atom. The number of carbonyl (C=O) groups is 1. The normalized spacial score (nSPS) is 12.0. The topological polar surface area (TPSA) is 75.4 Å². The summed E-state index contributed by atoms with van der Waals surface area (Å²) in [5.74, 6) is 1.49. The van der Waals surface area contributed by atoms with E-state index in [1.165, 1.54) is 0 Å². The highest BCUT2D eigenvalue weighted by Crippen LogP contribution is 2.32. The van der Waals surface area contributed by atoms with Gasteiger partial charge in [-0.2, -0.15) is 0 Å². The van der Waals surface area contributed by atoms with E-state index in [4.69, 9.17) is 9.47 Å². The van der Waals surface area contributed by atoms with E-state index in [0.29, 0.717) is 11.5 Å². The average molecular weight is 367 g/mol. The number of benzene rings is 2. The van der Waals surface area contributed by atoms with Gasteiger partial charge in [0, 0.05) is 17.1 Å². The molecule has 0 fully saturated rings. The molecule has 0 aliphatic carbocycles. The van der Waals surface area contributed by atoms with Gasteiger partial charge in [0.1, 0.15) is 0 Å². The molecular formula is C21H25N3O3. The number of aromatic amines is 1. The van der Waals surface area contributed by atoms with Gasteiger partial charge in [-0.05, 0) is 41.8 Å². The Hall–Kier alpha value is -3.15. The Morgan fingerprint density at radius 2 is 1.81 bits per heavy atom. The lowest BCUT2D eigenvalue weighted by Crippen LogP contribution is -2.35. The number of H-pyrrole nitrogens is 1. The Balaban J connectivity index is 1.80. The molecule has 0 aliphatic heterocycles. The molecule has 0 spiro atoms. The maximum atomic E-state index is 12.7. The third-order valence-corrected chi connectivity index (χ3v) is 4.56. The highest BCUT2D eigenvalue weighted by molar-refractivity contribution is 6.00. The Labute approximate surface area is 158 Å². The molecule has 0 saturated carbocycles. The first kappa shape index (κ1) is 18.6. The number of urea groups is 1. The van der Waals surface area contributed by atoms with E-state index >= 15 is 0 Å². The summed E-state index contributed by atoms with van der Waals surface area (Å²) in [4.78, 5) is 15.8. The van der Waals surface area contributed by atoms with Crippen molar-refractivity contribution in [2.75, 3.05) is 19.5 Å². The Kier molecular flexibility index (Phi) is 5.54. The number of ether oxygens (including phenoxy) is 2. The Bertz CT molecular complexity index is 933. The molecule has 0 aliphatic rings. The molecule has 27 heavy (non-hydrogen) atoms. The van der Waals surface area contributed by atoms with E-state index in [0.717, 1.165) is 22.2 Å². The minimum absolute atomic E-state index is 0.171. The number of hydrogen-bond donors (Lipinski definition) is 3. The number of carbonyl (C=O) groups excluding carboxylic acids is 1. The summed E-state index contributed by atoms with van der Waals surface area (Å²) < 4.78 is 10.7. The van der Waals surface area contributed by atoms with Gasteiger partial charge in [0.2, 0.25) is 0 Å². The third kappa shape index (κ3) is 4.00. The minimum atomic E-state index is -0.253. The van der Waals surface area contributed by atoms with Crippen LogP contribution in [0.25, 0.3) is 10.9 Å². The van der Waals surface area contributed by atoms with Gasteiger partial charge in [-0.1, -0.05) is 26.0 Å². The van der Waals surface area contributed by atoms with Crippen LogP contribution in [0.4, 0.5) is 10.5 Å².